The van der Waals surface area contributed by atoms with Crippen LogP contribution in [0.3, 0.4) is 0 Å². The Morgan fingerprint density at radius 1 is 1.35 bits per heavy atom. The molecule has 1 fully saturated rings. The lowest BCUT2D eigenvalue weighted by Gasteiger charge is -2.26. The number of hydrogen-bond acceptors (Lipinski definition) is 7. The Balaban J connectivity index is 1.38. The summed E-state index contributed by atoms with van der Waals surface area (Å²) in [7, 11) is 1.63. The second-order valence-corrected chi connectivity index (χ2v) is 10.1. The molecule has 0 N–H and O–H groups in total. The predicted molar refractivity (Wildman–Crippen MR) is 124 cm³/mol. The first-order valence-corrected chi connectivity index (χ1v) is 11.5. The standard InChI is InChI=1S/C24H29ClN4O5/c1-14-21(20-13-32-22(19(20)11-26-14)15-6-8-17(25)9-7-15)34-23(30)18-10-16(18)12-33-27-29(31)28(5)24(2,3)4/h6-9,11,16,18,22H,10,12-13H2,1-5H3/b29-27-/t16?,18?,22-/m0/s1. The van der Waals surface area contributed by atoms with Gasteiger partial charge in [-0.05, 0) is 51.8 Å². The van der Waals surface area contributed by atoms with Crippen LogP contribution >= 0.6 is 11.6 Å². The van der Waals surface area contributed by atoms with Gasteiger partial charge in [0.2, 0.25) is 5.28 Å². The number of benzene rings is 1. The zero-order valence-electron chi connectivity index (χ0n) is 19.9. The summed E-state index contributed by atoms with van der Waals surface area (Å²) >= 11 is 6.00. The summed E-state index contributed by atoms with van der Waals surface area (Å²) in [5.74, 6) is -0.242. The Bertz CT molecular complexity index is 1100. The monoisotopic (exact) mass is 488 g/mol. The molecule has 0 bridgehead atoms. The van der Waals surface area contributed by atoms with Crippen LogP contribution in [0.25, 0.3) is 0 Å². The van der Waals surface area contributed by atoms with Crippen molar-refractivity contribution in [2.45, 2.75) is 52.4 Å². The van der Waals surface area contributed by atoms with E-state index in [1.807, 2.05) is 45.0 Å². The highest BCUT2D eigenvalue weighted by molar-refractivity contribution is 6.30. The van der Waals surface area contributed by atoms with Crippen molar-refractivity contribution < 1.29 is 24.1 Å². The molecule has 0 saturated heterocycles. The van der Waals surface area contributed by atoms with Gasteiger partial charge in [0.1, 0.15) is 12.7 Å². The summed E-state index contributed by atoms with van der Waals surface area (Å²) in [6, 6.07) is 7.46. The Kier molecular flexibility index (Phi) is 6.69. The first-order valence-electron chi connectivity index (χ1n) is 11.2. The van der Waals surface area contributed by atoms with Gasteiger partial charge in [-0.25, -0.2) is 0 Å². The van der Waals surface area contributed by atoms with E-state index in [4.69, 9.17) is 25.9 Å². The molecule has 2 unspecified atom stereocenters. The minimum absolute atomic E-state index is 0.0484. The zero-order valence-corrected chi connectivity index (χ0v) is 20.7. The molecule has 182 valence electrons. The molecule has 0 radical (unpaired) electrons. The summed E-state index contributed by atoms with van der Waals surface area (Å²) < 4.78 is 11.8. The lowest BCUT2D eigenvalue weighted by Crippen LogP contribution is -2.42. The molecule has 2 aliphatic rings. The van der Waals surface area contributed by atoms with E-state index in [0.717, 1.165) is 16.7 Å². The van der Waals surface area contributed by atoms with Crippen LogP contribution in [0, 0.1) is 24.0 Å². The van der Waals surface area contributed by atoms with Crippen molar-refractivity contribution in [2.24, 2.45) is 17.1 Å². The van der Waals surface area contributed by atoms with E-state index in [1.165, 1.54) is 5.01 Å². The largest absolute Gasteiger partial charge is 0.569 e. The lowest BCUT2D eigenvalue weighted by atomic mass is 10.0. The number of aryl methyl sites for hydroxylation is 1. The predicted octanol–water partition coefficient (Wildman–Crippen LogP) is 4.74. The number of hydrazine groups is 1. The van der Waals surface area contributed by atoms with Crippen LogP contribution in [-0.2, 0) is 21.0 Å². The first-order chi connectivity index (χ1) is 16.1. The summed E-state index contributed by atoms with van der Waals surface area (Å²) in [6.45, 7) is 7.97. The number of fused-ring (bicyclic) bond motifs is 1. The number of halogens is 1. The van der Waals surface area contributed by atoms with Crippen LogP contribution in [0.4, 0.5) is 0 Å². The summed E-state index contributed by atoms with van der Waals surface area (Å²) in [5.41, 5.74) is 2.90. The van der Waals surface area contributed by atoms with Gasteiger partial charge in [-0.15, -0.1) is 5.01 Å². The molecule has 2 aromatic rings. The average Bonchev–Trinajstić information content (AvgIpc) is 3.43. The number of ether oxygens (including phenoxy) is 2. The van der Waals surface area contributed by atoms with Gasteiger partial charge in [-0.1, -0.05) is 23.7 Å². The van der Waals surface area contributed by atoms with Gasteiger partial charge in [0.05, 0.1) is 35.8 Å². The molecule has 4 rings (SSSR count). The van der Waals surface area contributed by atoms with Crippen LogP contribution < -0.4 is 4.74 Å². The van der Waals surface area contributed by atoms with Crippen LogP contribution in [0.15, 0.2) is 35.7 Å². The Morgan fingerprint density at radius 3 is 2.74 bits per heavy atom. The molecule has 0 amide bonds. The third-order valence-electron chi connectivity index (χ3n) is 6.27. The number of nitrogens with zero attached hydrogens (tertiary/aromatic N) is 4. The van der Waals surface area contributed by atoms with Crippen LogP contribution in [0.5, 0.6) is 5.75 Å². The molecule has 1 saturated carbocycles. The van der Waals surface area contributed by atoms with Gasteiger partial charge in [0.15, 0.2) is 5.75 Å². The maximum absolute atomic E-state index is 12.8. The van der Waals surface area contributed by atoms with E-state index in [9.17, 15) is 10.0 Å². The number of aromatic nitrogens is 1. The molecule has 10 heteroatoms. The van der Waals surface area contributed by atoms with Crippen LogP contribution in [0.2, 0.25) is 5.02 Å². The molecule has 1 aliphatic heterocycles. The first kappa shape index (κ1) is 24.2. The van der Waals surface area contributed by atoms with Gasteiger partial charge in [0.25, 0.3) is 0 Å². The lowest BCUT2D eigenvalue weighted by molar-refractivity contribution is -0.719. The van der Waals surface area contributed by atoms with Crippen molar-refractivity contribution in [2.75, 3.05) is 13.7 Å². The van der Waals surface area contributed by atoms with Gasteiger partial charge >= 0.3 is 5.97 Å². The molecule has 34 heavy (non-hydrogen) atoms. The fourth-order valence-electron chi connectivity index (χ4n) is 3.72. The number of carbonyl (C=O) groups is 1. The SMILES string of the molecule is Cc1ncc2c(c1OC(=O)C1CC1CO/N=[N+](\[O-])N(C)C(C)(C)C)CO[C@H]2c1ccc(Cl)cc1. The summed E-state index contributed by atoms with van der Waals surface area (Å²) in [6.07, 6.45) is 2.10. The van der Waals surface area contributed by atoms with Crippen molar-refractivity contribution in [1.82, 2.24) is 9.99 Å². The number of esters is 1. The smallest absolute Gasteiger partial charge is 0.314 e. The molecule has 1 aromatic carbocycles. The maximum atomic E-state index is 12.8. The van der Waals surface area contributed by atoms with Crippen molar-refractivity contribution in [3.05, 3.63) is 63.1 Å². The summed E-state index contributed by atoms with van der Waals surface area (Å²) in [4.78, 5) is 22.8. The third-order valence-corrected chi connectivity index (χ3v) is 6.52. The Morgan fingerprint density at radius 2 is 2.06 bits per heavy atom. The van der Waals surface area contributed by atoms with Crippen molar-refractivity contribution in [3.63, 3.8) is 0 Å². The maximum Gasteiger partial charge on any atom is 0.314 e. The number of carbonyl (C=O) groups excluding carboxylic acids is 1. The highest BCUT2D eigenvalue weighted by atomic mass is 35.5. The van der Waals surface area contributed by atoms with Crippen molar-refractivity contribution in [1.29, 1.82) is 0 Å². The average molecular weight is 489 g/mol. The second kappa shape index (κ2) is 9.38. The normalized spacial score (nSPS) is 21.7. The van der Waals surface area contributed by atoms with Crippen LogP contribution in [0.1, 0.15) is 55.7 Å². The zero-order chi connectivity index (χ0) is 24.6. The van der Waals surface area contributed by atoms with Gasteiger partial charge in [-0.2, -0.15) is 0 Å². The van der Waals surface area contributed by atoms with Gasteiger partial charge in [0, 0.05) is 28.3 Å². The highest BCUT2D eigenvalue weighted by Crippen LogP contribution is 2.43. The topological polar surface area (TPSA) is 99.3 Å². The Labute approximate surface area is 203 Å². The molecule has 3 atom stereocenters. The van der Waals surface area contributed by atoms with Crippen molar-refractivity contribution in [3.8, 4) is 5.75 Å². The van der Waals surface area contributed by atoms with E-state index in [0.29, 0.717) is 34.5 Å². The molecule has 0 spiro atoms. The van der Waals surface area contributed by atoms with Gasteiger partial charge < -0.3 is 19.5 Å². The molecular formula is C24H29ClN4O5. The molecule has 9 nitrogen and oxygen atoms in total. The molecule has 2 heterocycles. The molecule has 1 aromatic heterocycles. The highest BCUT2D eigenvalue weighted by Gasteiger charge is 2.46. The van der Waals surface area contributed by atoms with Crippen LogP contribution in [-0.4, -0.2) is 40.1 Å². The minimum Gasteiger partial charge on any atom is -0.569 e. The number of hydrogen-bond donors (Lipinski definition) is 0. The van der Waals surface area contributed by atoms with E-state index in [2.05, 4.69) is 10.3 Å². The molecule has 1 aliphatic carbocycles. The quantitative estimate of drug-likeness (QED) is 0.240. The van der Waals surface area contributed by atoms with E-state index in [1.54, 1.807) is 20.2 Å². The second-order valence-electron chi connectivity index (χ2n) is 9.70. The fourth-order valence-corrected chi connectivity index (χ4v) is 3.85. The van der Waals surface area contributed by atoms with Crippen molar-refractivity contribution >= 4 is 17.6 Å². The number of pyridine rings is 1. The van der Waals surface area contributed by atoms with E-state index >= 15 is 0 Å². The van der Waals surface area contributed by atoms with E-state index < -0.39 is 5.54 Å². The minimum atomic E-state index is -0.390. The van der Waals surface area contributed by atoms with E-state index in [-0.39, 0.29) is 30.5 Å². The van der Waals surface area contributed by atoms with Gasteiger partial charge in [-0.3, -0.25) is 9.78 Å². The third kappa shape index (κ3) is 5.10. The Hall–Kier alpha value is -2.91. The number of rotatable bonds is 7. The fraction of sp³-hybridized carbons (Fsp3) is 0.500. The summed E-state index contributed by atoms with van der Waals surface area (Å²) in [5, 5.41) is 17.6. The molecular weight excluding hydrogens is 460 g/mol.